The van der Waals surface area contributed by atoms with Gasteiger partial charge in [0.1, 0.15) is 0 Å². The second-order valence-corrected chi connectivity index (χ2v) is 7.00. The molecule has 118 valence electrons. The Morgan fingerprint density at radius 2 is 1.95 bits per heavy atom. The van der Waals surface area contributed by atoms with Crippen molar-refractivity contribution >= 4 is 33.4 Å². The van der Waals surface area contributed by atoms with E-state index in [1.807, 2.05) is 35.9 Å². The summed E-state index contributed by atoms with van der Waals surface area (Å²) in [4.78, 5) is 24.1. The highest BCUT2D eigenvalue weighted by Gasteiger charge is 2.21. The van der Waals surface area contributed by atoms with Crippen LogP contribution in [-0.2, 0) is 16.6 Å². The first kappa shape index (κ1) is 16.2. The van der Waals surface area contributed by atoms with Crippen LogP contribution in [0.1, 0.15) is 20.8 Å². The molecule has 22 heavy (non-hydrogen) atoms. The van der Waals surface area contributed by atoms with Gasteiger partial charge >= 0.3 is 0 Å². The molecule has 2 rings (SSSR count). The summed E-state index contributed by atoms with van der Waals surface area (Å²) in [6.07, 6.45) is 0. The second-order valence-electron chi connectivity index (χ2n) is 5.99. The molecule has 0 bridgehead atoms. The molecule has 0 saturated carbocycles. The SMILES string of the molecule is Cn1/c(=N/NC(=O)CNC(=O)C(C)(C)C)sc2ccccc21. The van der Waals surface area contributed by atoms with E-state index in [9.17, 15) is 9.59 Å². The first-order chi connectivity index (χ1) is 10.3. The Kier molecular flexibility index (Phi) is 4.65. The quantitative estimate of drug-likeness (QED) is 0.837. The van der Waals surface area contributed by atoms with Gasteiger partial charge in [-0.2, -0.15) is 0 Å². The molecule has 1 heterocycles. The minimum atomic E-state index is -0.519. The third-order valence-electron chi connectivity index (χ3n) is 3.08. The summed E-state index contributed by atoms with van der Waals surface area (Å²) in [6.45, 7) is 5.29. The maximum absolute atomic E-state index is 11.8. The van der Waals surface area contributed by atoms with Gasteiger partial charge in [0.05, 0.1) is 16.8 Å². The number of benzene rings is 1. The lowest BCUT2D eigenvalue weighted by Gasteiger charge is -2.16. The van der Waals surface area contributed by atoms with Crippen molar-refractivity contribution in [2.75, 3.05) is 6.54 Å². The number of aromatic nitrogens is 1. The third kappa shape index (κ3) is 3.73. The molecule has 2 aromatic rings. The summed E-state index contributed by atoms with van der Waals surface area (Å²) in [7, 11) is 1.89. The zero-order chi connectivity index (χ0) is 16.3. The molecule has 2 N–H and O–H groups in total. The minimum Gasteiger partial charge on any atom is -0.347 e. The van der Waals surface area contributed by atoms with Crippen molar-refractivity contribution in [1.82, 2.24) is 15.3 Å². The fourth-order valence-electron chi connectivity index (χ4n) is 1.76. The first-order valence-corrected chi connectivity index (χ1v) is 7.76. The number of thiazole rings is 1. The number of para-hydroxylation sites is 1. The van der Waals surface area contributed by atoms with E-state index in [1.165, 1.54) is 11.3 Å². The Labute approximate surface area is 132 Å². The van der Waals surface area contributed by atoms with E-state index in [4.69, 9.17) is 0 Å². The topological polar surface area (TPSA) is 75.5 Å². The van der Waals surface area contributed by atoms with Gasteiger partial charge in [-0.1, -0.05) is 44.2 Å². The van der Waals surface area contributed by atoms with Crippen LogP contribution < -0.4 is 15.5 Å². The van der Waals surface area contributed by atoms with Crippen molar-refractivity contribution < 1.29 is 9.59 Å². The summed E-state index contributed by atoms with van der Waals surface area (Å²) in [5.74, 6) is -0.523. The van der Waals surface area contributed by atoms with Crippen molar-refractivity contribution in [3.05, 3.63) is 29.1 Å². The smallest absolute Gasteiger partial charge is 0.259 e. The van der Waals surface area contributed by atoms with E-state index < -0.39 is 5.41 Å². The molecule has 0 aliphatic carbocycles. The molecule has 0 radical (unpaired) electrons. The van der Waals surface area contributed by atoms with E-state index in [1.54, 1.807) is 20.8 Å². The van der Waals surface area contributed by atoms with E-state index in [0.717, 1.165) is 10.2 Å². The Bertz CT molecular complexity index is 768. The van der Waals surface area contributed by atoms with Crippen LogP contribution in [0.5, 0.6) is 0 Å². The number of hydrogen-bond donors (Lipinski definition) is 2. The number of carbonyl (C=O) groups excluding carboxylic acids is 2. The van der Waals surface area contributed by atoms with Crippen molar-refractivity contribution in [3.63, 3.8) is 0 Å². The molecule has 0 saturated heterocycles. The zero-order valence-electron chi connectivity index (χ0n) is 13.1. The number of nitrogens with zero attached hydrogens (tertiary/aromatic N) is 2. The average molecular weight is 320 g/mol. The zero-order valence-corrected chi connectivity index (χ0v) is 14.0. The number of nitrogens with one attached hydrogen (secondary N) is 2. The normalized spacial score (nSPS) is 12.5. The molecule has 1 aromatic carbocycles. The molecule has 2 amide bonds. The molecule has 0 aliphatic rings. The minimum absolute atomic E-state index is 0.0891. The number of fused-ring (bicyclic) bond motifs is 1. The van der Waals surface area contributed by atoms with Gasteiger partial charge in [-0.3, -0.25) is 9.59 Å². The first-order valence-electron chi connectivity index (χ1n) is 6.94. The van der Waals surface area contributed by atoms with E-state index in [2.05, 4.69) is 15.8 Å². The van der Waals surface area contributed by atoms with Gasteiger partial charge in [0.2, 0.25) is 10.7 Å². The van der Waals surface area contributed by atoms with Crippen LogP contribution in [0.15, 0.2) is 29.4 Å². The molecule has 0 atom stereocenters. The molecule has 6 nitrogen and oxygen atoms in total. The van der Waals surface area contributed by atoms with Crippen LogP contribution in [-0.4, -0.2) is 22.9 Å². The highest BCUT2D eigenvalue weighted by Crippen LogP contribution is 2.15. The Morgan fingerprint density at radius 1 is 1.27 bits per heavy atom. The lowest BCUT2D eigenvalue weighted by Crippen LogP contribution is -2.41. The van der Waals surface area contributed by atoms with Gasteiger partial charge < -0.3 is 9.88 Å². The van der Waals surface area contributed by atoms with Gasteiger partial charge in [0, 0.05) is 12.5 Å². The van der Waals surface area contributed by atoms with E-state index >= 15 is 0 Å². The van der Waals surface area contributed by atoms with Gasteiger partial charge in [-0.05, 0) is 12.1 Å². The highest BCUT2D eigenvalue weighted by atomic mass is 32.1. The van der Waals surface area contributed by atoms with Crippen molar-refractivity contribution in [1.29, 1.82) is 0 Å². The molecule has 0 unspecified atom stereocenters. The van der Waals surface area contributed by atoms with E-state index in [-0.39, 0.29) is 18.4 Å². The molecule has 0 fully saturated rings. The monoisotopic (exact) mass is 320 g/mol. The van der Waals surface area contributed by atoms with Gasteiger partial charge in [0.25, 0.3) is 5.91 Å². The van der Waals surface area contributed by atoms with Crippen LogP contribution in [0, 0.1) is 5.41 Å². The second kappa shape index (κ2) is 6.31. The number of carbonyl (C=O) groups is 2. The lowest BCUT2D eigenvalue weighted by molar-refractivity contribution is -0.131. The summed E-state index contributed by atoms with van der Waals surface area (Å²) in [6, 6.07) is 7.92. The maximum Gasteiger partial charge on any atom is 0.259 e. The van der Waals surface area contributed by atoms with Crippen LogP contribution in [0.3, 0.4) is 0 Å². The summed E-state index contributed by atoms with van der Waals surface area (Å²) >= 11 is 1.49. The fraction of sp³-hybridized carbons (Fsp3) is 0.400. The fourth-order valence-corrected chi connectivity index (χ4v) is 2.74. The van der Waals surface area contributed by atoms with Crippen LogP contribution >= 0.6 is 11.3 Å². The van der Waals surface area contributed by atoms with Crippen LogP contribution in [0.4, 0.5) is 0 Å². The molecule has 0 spiro atoms. The van der Waals surface area contributed by atoms with Crippen LogP contribution in [0.25, 0.3) is 10.2 Å². The predicted octanol–water partition coefficient (Wildman–Crippen LogP) is 1.33. The standard InChI is InChI=1S/C15H20N4O2S/c1-15(2,3)13(21)16-9-12(20)17-18-14-19(4)10-7-5-6-8-11(10)22-14/h5-8H,9H2,1-4H3,(H,16,21)(H,17,20)/b18-14-. The molecular formula is C15H20N4O2S. The largest absolute Gasteiger partial charge is 0.347 e. The summed E-state index contributed by atoms with van der Waals surface area (Å²) < 4.78 is 3.01. The summed E-state index contributed by atoms with van der Waals surface area (Å²) in [5, 5.41) is 6.70. The molecule has 1 aromatic heterocycles. The Hall–Kier alpha value is -2.15. The van der Waals surface area contributed by atoms with Crippen LogP contribution in [0.2, 0.25) is 0 Å². The highest BCUT2D eigenvalue weighted by molar-refractivity contribution is 7.16. The Morgan fingerprint density at radius 3 is 2.59 bits per heavy atom. The van der Waals surface area contributed by atoms with Gasteiger partial charge in [-0.25, -0.2) is 5.43 Å². The number of hydrogen-bond acceptors (Lipinski definition) is 4. The van der Waals surface area contributed by atoms with Crippen molar-refractivity contribution in [3.8, 4) is 0 Å². The molecular weight excluding hydrogens is 300 g/mol. The molecule has 0 aliphatic heterocycles. The Balaban J connectivity index is 2.03. The molecule has 7 heteroatoms. The maximum atomic E-state index is 11.8. The van der Waals surface area contributed by atoms with Gasteiger partial charge in [-0.15, -0.1) is 5.10 Å². The van der Waals surface area contributed by atoms with Gasteiger partial charge in [0.15, 0.2) is 0 Å². The predicted molar refractivity (Wildman–Crippen MR) is 87.0 cm³/mol. The number of rotatable bonds is 3. The average Bonchev–Trinajstić information content (AvgIpc) is 2.78. The third-order valence-corrected chi connectivity index (χ3v) is 4.19. The van der Waals surface area contributed by atoms with Crippen molar-refractivity contribution in [2.45, 2.75) is 20.8 Å². The number of amides is 2. The lowest BCUT2D eigenvalue weighted by atomic mass is 9.96. The summed E-state index contributed by atoms with van der Waals surface area (Å²) in [5.41, 5.74) is 3.01. The van der Waals surface area contributed by atoms with Crippen molar-refractivity contribution in [2.24, 2.45) is 17.6 Å². The number of aryl methyl sites for hydroxylation is 1. The van der Waals surface area contributed by atoms with E-state index in [0.29, 0.717) is 4.80 Å².